The molecule has 11 heteroatoms. The third-order valence-electron chi connectivity index (χ3n) is 5.95. The fourth-order valence-electron chi connectivity index (χ4n) is 3.70. The van der Waals surface area contributed by atoms with Gasteiger partial charge < -0.3 is 18.6 Å². The summed E-state index contributed by atoms with van der Waals surface area (Å²) in [5.41, 5.74) is -0.238. The summed E-state index contributed by atoms with van der Waals surface area (Å²) in [7, 11) is -1.87. The molecule has 0 fully saturated rings. The SMILES string of the molecule is CCC(C)N(Cc1ccc(OC)c(OS(=O)(=O)c2cccc(C(F)(F)F)c2)c1)C(=O)c1ccccc1OC. The van der Waals surface area contributed by atoms with Gasteiger partial charge in [-0.05, 0) is 61.4 Å². The van der Waals surface area contributed by atoms with Gasteiger partial charge >= 0.3 is 16.3 Å². The van der Waals surface area contributed by atoms with Crippen molar-refractivity contribution in [2.75, 3.05) is 14.2 Å². The molecule has 0 saturated carbocycles. The van der Waals surface area contributed by atoms with Crippen molar-refractivity contribution >= 4 is 16.0 Å². The Morgan fingerprint density at radius 3 is 2.24 bits per heavy atom. The van der Waals surface area contributed by atoms with Crippen molar-refractivity contribution in [2.45, 2.75) is 43.9 Å². The molecule has 0 saturated heterocycles. The monoisotopic (exact) mass is 551 g/mol. The topological polar surface area (TPSA) is 82.1 Å². The molecule has 3 aromatic carbocycles. The van der Waals surface area contributed by atoms with Crippen LogP contribution in [0.3, 0.4) is 0 Å². The minimum atomic E-state index is -4.73. The second-order valence-electron chi connectivity index (χ2n) is 8.44. The zero-order chi connectivity index (χ0) is 28.1. The number of benzene rings is 3. The third-order valence-corrected chi connectivity index (χ3v) is 7.18. The number of hydrogen-bond acceptors (Lipinski definition) is 6. The molecule has 38 heavy (non-hydrogen) atoms. The molecule has 0 aliphatic heterocycles. The lowest BCUT2D eigenvalue weighted by Crippen LogP contribution is -2.38. The smallest absolute Gasteiger partial charge is 0.416 e. The molecule has 1 amide bonds. The van der Waals surface area contributed by atoms with Crippen molar-refractivity contribution in [3.63, 3.8) is 0 Å². The van der Waals surface area contributed by atoms with E-state index in [1.165, 1.54) is 26.4 Å². The summed E-state index contributed by atoms with van der Waals surface area (Å²) in [5, 5.41) is 0. The molecule has 0 aromatic heterocycles. The molecule has 7 nitrogen and oxygen atoms in total. The van der Waals surface area contributed by atoms with Gasteiger partial charge in [0, 0.05) is 12.6 Å². The summed E-state index contributed by atoms with van der Waals surface area (Å²) in [6.45, 7) is 3.90. The second kappa shape index (κ2) is 11.8. The van der Waals surface area contributed by atoms with Gasteiger partial charge in [0.05, 0.1) is 25.3 Å². The van der Waals surface area contributed by atoms with Gasteiger partial charge in [-0.3, -0.25) is 4.79 Å². The van der Waals surface area contributed by atoms with Crippen molar-refractivity contribution in [2.24, 2.45) is 0 Å². The van der Waals surface area contributed by atoms with Crippen LogP contribution in [0, 0.1) is 0 Å². The number of halogens is 3. The summed E-state index contributed by atoms with van der Waals surface area (Å²) in [6.07, 6.45) is -4.08. The van der Waals surface area contributed by atoms with Gasteiger partial charge in [-0.15, -0.1) is 0 Å². The summed E-state index contributed by atoms with van der Waals surface area (Å²) < 4.78 is 80.9. The zero-order valence-electron chi connectivity index (χ0n) is 21.3. The lowest BCUT2D eigenvalue weighted by molar-refractivity contribution is -0.137. The van der Waals surface area contributed by atoms with Crippen LogP contribution in [0.15, 0.2) is 71.6 Å². The molecule has 3 rings (SSSR count). The third kappa shape index (κ3) is 6.58. The summed E-state index contributed by atoms with van der Waals surface area (Å²) in [6, 6.07) is 14.4. The second-order valence-corrected chi connectivity index (χ2v) is 9.99. The van der Waals surface area contributed by atoms with Crippen molar-refractivity contribution in [1.82, 2.24) is 4.90 Å². The first-order valence-corrected chi connectivity index (χ1v) is 13.0. The maximum Gasteiger partial charge on any atom is 0.416 e. The van der Waals surface area contributed by atoms with Crippen molar-refractivity contribution in [3.05, 3.63) is 83.4 Å². The highest BCUT2D eigenvalue weighted by molar-refractivity contribution is 7.87. The molecule has 0 N–H and O–H groups in total. The number of rotatable bonds is 10. The average Bonchev–Trinajstić information content (AvgIpc) is 2.90. The number of amides is 1. The molecule has 0 radical (unpaired) electrons. The van der Waals surface area contributed by atoms with E-state index in [2.05, 4.69) is 0 Å². The Morgan fingerprint density at radius 2 is 1.61 bits per heavy atom. The predicted octanol–water partition coefficient (Wildman–Crippen LogP) is 5.93. The molecule has 0 spiro atoms. The molecule has 0 aliphatic carbocycles. The summed E-state index contributed by atoms with van der Waals surface area (Å²) in [5.74, 6) is -0.0462. The highest BCUT2D eigenvalue weighted by atomic mass is 32.2. The van der Waals surface area contributed by atoms with Gasteiger partial charge in [0.25, 0.3) is 5.91 Å². The molecular formula is C27H28F3NO6S. The zero-order valence-corrected chi connectivity index (χ0v) is 22.1. The van der Waals surface area contributed by atoms with Crippen LogP contribution in [-0.4, -0.2) is 39.5 Å². The number of nitrogens with zero attached hydrogens (tertiary/aromatic N) is 1. The lowest BCUT2D eigenvalue weighted by Gasteiger charge is -2.29. The molecule has 0 bridgehead atoms. The van der Waals surface area contributed by atoms with E-state index >= 15 is 0 Å². The Balaban J connectivity index is 1.96. The van der Waals surface area contributed by atoms with E-state index in [9.17, 15) is 26.4 Å². The highest BCUT2D eigenvalue weighted by Crippen LogP contribution is 2.34. The van der Waals surface area contributed by atoms with Gasteiger partial charge in [0.2, 0.25) is 0 Å². The van der Waals surface area contributed by atoms with E-state index in [0.29, 0.717) is 29.4 Å². The number of hydrogen-bond donors (Lipinski definition) is 0. The lowest BCUT2D eigenvalue weighted by atomic mass is 10.1. The van der Waals surface area contributed by atoms with Crippen LogP contribution in [0.5, 0.6) is 17.2 Å². The van der Waals surface area contributed by atoms with Crippen LogP contribution in [0.25, 0.3) is 0 Å². The van der Waals surface area contributed by atoms with Gasteiger partial charge in [0.1, 0.15) is 10.6 Å². The molecule has 0 heterocycles. The van der Waals surface area contributed by atoms with Crippen molar-refractivity contribution < 1.29 is 40.0 Å². The van der Waals surface area contributed by atoms with E-state index in [4.69, 9.17) is 13.7 Å². The summed E-state index contributed by atoms with van der Waals surface area (Å²) in [4.78, 5) is 14.4. The molecule has 3 aromatic rings. The first kappa shape index (κ1) is 28.8. The molecule has 0 aliphatic rings. The number of methoxy groups -OCH3 is 2. The van der Waals surface area contributed by atoms with E-state index in [-0.39, 0.29) is 30.0 Å². The van der Waals surface area contributed by atoms with Gasteiger partial charge in [-0.1, -0.05) is 31.2 Å². The van der Waals surface area contributed by atoms with E-state index in [1.54, 1.807) is 35.2 Å². The number of alkyl halides is 3. The average molecular weight is 552 g/mol. The standard InChI is InChI=1S/C27H28F3NO6S/c1-5-18(2)31(26(32)22-11-6-7-12-23(22)35-3)17-19-13-14-24(36-4)25(15-19)37-38(33,34)21-10-8-9-20(16-21)27(28,29)30/h6-16,18H,5,17H2,1-4H3. The molecule has 204 valence electrons. The summed E-state index contributed by atoms with van der Waals surface area (Å²) >= 11 is 0. The largest absolute Gasteiger partial charge is 0.496 e. The molecular weight excluding hydrogens is 523 g/mol. The van der Waals surface area contributed by atoms with Crippen LogP contribution in [-0.2, 0) is 22.8 Å². The maximum atomic E-state index is 13.5. The van der Waals surface area contributed by atoms with E-state index < -0.39 is 26.8 Å². The van der Waals surface area contributed by atoms with Gasteiger partial charge in [-0.25, -0.2) is 0 Å². The van der Waals surface area contributed by atoms with Crippen LogP contribution < -0.4 is 13.7 Å². The number of para-hydroxylation sites is 1. The Labute approximate surface area is 219 Å². The Hall–Kier alpha value is -3.73. The van der Waals surface area contributed by atoms with Crippen molar-refractivity contribution in [3.8, 4) is 17.2 Å². The minimum Gasteiger partial charge on any atom is -0.496 e. The first-order valence-electron chi connectivity index (χ1n) is 11.6. The quantitative estimate of drug-likeness (QED) is 0.291. The van der Waals surface area contributed by atoms with E-state index in [1.807, 2.05) is 13.8 Å². The predicted molar refractivity (Wildman–Crippen MR) is 135 cm³/mol. The van der Waals surface area contributed by atoms with Gasteiger partial charge in [-0.2, -0.15) is 21.6 Å². The normalized spacial score (nSPS) is 12.5. The Kier molecular flexibility index (Phi) is 8.93. The minimum absolute atomic E-state index is 0.0513. The van der Waals surface area contributed by atoms with E-state index in [0.717, 1.165) is 18.2 Å². The van der Waals surface area contributed by atoms with Crippen LogP contribution in [0.2, 0.25) is 0 Å². The molecule has 1 atom stereocenters. The van der Waals surface area contributed by atoms with Crippen LogP contribution >= 0.6 is 0 Å². The Bertz CT molecular complexity index is 1390. The molecule has 1 unspecified atom stereocenters. The Morgan fingerprint density at radius 1 is 0.921 bits per heavy atom. The fourth-order valence-corrected chi connectivity index (χ4v) is 4.68. The number of ether oxygens (including phenoxy) is 2. The van der Waals surface area contributed by atoms with Crippen molar-refractivity contribution in [1.29, 1.82) is 0 Å². The maximum absolute atomic E-state index is 13.5. The van der Waals surface area contributed by atoms with Crippen LogP contribution in [0.4, 0.5) is 13.2 Å². The van der Waals surface area contributed by atoms with Crippen LogP contribution in [0.1, 0.15) is 41.8 Å². The van der Waals surface area contributed by atoms with Gasteiger partial charge in [0.15, 0.2) is 11.5 Å². The fraction of sp³-hybridized carbons (Fsp3) is 0.296. The highest BCUT2D eigenvalue weighted by Gasteiger charge is 2.32. The first-order chi connectivity index (χ1) is 17.9. The number of carbonyl (C=O) groups is 1. The number of carbonyl (C=O) groups excluding carboxylic acids is 1.